The number of hydrogen-bond donors (Lipinski definition) is 1. The fraction of sp³-hybridized carbons (Fsp3) is 0.800. The van der Waals surface area contributed by atoms with Crippen LogP contribution in [0.4, 0.5) is 0 Å². The van der Waals surface area contributed by atoms with Crippen LogP contribution in [-0.2, 0) is 14.3 Å². The molecule has 0 fully saturated rings. The minimum Gasteiger partial charge on any atom is -0.368 e. The van der Waals surface area contributed by atoms with E-state index in [-0.39, 0.29) is 13.4 Å². The van der Waals surface area contributed by atoms with Gasteiger partial charge in [-0.3, -0.25) is 4.79 Å². The molecule has 0 heterocycles. The Bertz CT molecular complexity index is 84.3. The number of hydrogen-bond acceptors (Lipinski definition) is 3. The van der Waals surface area contributed by atoms with Crippen LogP contribution in [0.15, 0.2) is 0 Å². The van der Waals surface area contributed by atoms with Gasteiger partial charge >= 0.3 is 0 Å². The van der Waals surface area contributed by atoms with E-state index in [2.05, 4.69) is 4.74 Å². The van der Waals surface area contributed by atoms with Gasteiger partial charge in [0.05, 0.1) is 0 Å². The number of nitrogens with two attached hydrogens (primary N) is 1. The predicted molar refractivity (Wildman–Crippen MR) is 31.6 cm³/mol. The van der Waals surface area contributed by atoms with Gasteiger partial charge in [0.25, 0.3) is 0 Å². The molecule has 0 spiro atoms. The van der Waals surface area contributed by atoms with Gasteiger partial charge in [0.15, 0.2) is 0 Å². The molecule has 54 valence electrons. The van der Waals surface area contributed by atoms with Crippen molar-refractivity contribution in [2.45, 2.75) is 6.92 Å². The highest BCUT2D eigenvalue weighted by atomic mass is 16.7. The van der Waals surface area contributed by atoms with E-state index < -0.39 is 5.91 Å². The Morgan fingerprint density at radius 1 is 1.56 bits per heavy atom. The van der Waals surface area contributed by atoms with Gasteiger partial charge in [0.2, 0.25) is 5.91 Å². The largest absolute Gasteiger partial charge is 0.368 e. The number of amides is 1. The SMILES string of the molecule is CCOCOCC(N)=O. The molecule has 0 aliphatic rings. The van der Waals surface area contributed by atoms with Crippen LogP contribution >= 0.6 is 0 Å². The van der Waals surface area contributed by atoms with E-state index in [9.17, 15) is 4.79 Å². The third-order valence-corrected chi connectivity index (χ3v) is 0.615. The summed E-state index contributed by atoms with van der Waals surface area (Å²) in [7, 11) is 0. The Balaban J connectivity index is 2.83. The first kappa shape index (κ1) is 8.39. The Morgan fingerprint density at radius 2 is 2.22 bits per heavy atom. The van der Waals surface area contributed by atoms with Crippen molar-refractivity contribution in [2.75, 3.05) is 20.0 Å². The minimum absolute atomic E-state index is 0.0694. The topological polar surface area (TPSA) is 61.6 Å². The van der Waals surface area contributed by atoms with E-state index in [0.717, 1.165) is 0 Å². The number of carbonyl (C=O) groups is 1. The third-order valence-electron chi connectivity index (χ3n) is 0.615. The van der Waals surface area contributed by atoms with Crippen molar-refractivity contribution in [1.29, 1.82) is 0 Å². The second kappa shape index (κ2) is 5.53. The van der Waals surface area contributed by atoms with E-state index in [1.165, 1.54) is 0 Å². The summed E-state index contributed by atoms with van der Waals surface area (Å²) < 4.78 is 9.39. The van der Waals surface area contributed by atoms with E-state index in [4.69, 9.17) is 10.5 Å². The van der Waals surface area contributed by atoms with Gasteiger partial charge in [-0.15, -0.1) is 0 Å². The number of carbonyl (C=O) groups excluding carboxylic acids is 1. The zero-order chi connectivity index (χ0) is 7.11. The second-order valence-corrected chi connectivity index (χ2v) is 1.43. The zero-order valence-electron chi connectivity index (χ0n) is 5.42. The highest BCUT2D eigenvalue weighted by molar-refractivity contribution is 5.74. The minimum atomic E-state index is -0.477. The molecule has 0 saturated carbocycles. The van der Waals surface area contributed by atoms with Crippen molar-refractivity contribution < 1.29 is 14.3 Å². The smallest absolute Gasteiger partial charge is 0.243 e. The second-order valence-electron chi connectivity index (χ2n) is 1.43. The van der Waals surface area contributed by atoms with Crippen LogP contribution in [0.5, 0.6) is 0 Å². The molecule has 0 aliphatic carbocycles. The van der Waals surface area contributed by atoms with Crippen LogP contribution in [0.1, 0.15) is 6.92 Å². The molecule has 0 aromatic carbocycles. The molecule has 2 N–H and O–H groups in total. The number of primary amides is 1. The summed E-state index contributed by atoms with van der Waals surface area (Å²) in [6.07, 6.45) is 0. The van der Waals surface area contributed by atoms with Crippen LogP contribution < -0.4 is 5.73 Å². The molecule has 0 rings (SSSR count). The Morgan fingerprint density at radius 3 is 2.67 bits per heavy atom. The first-order valence-electron chi connectivity index (χ1n) is 2.71. The first-order chi connectivity index (χ1) is 4.27. The number of rotatable bonds is 5. The molecule has 0 aromatic rings. The van der Waals surface area contributed by atoms with E-state index >= 15 is 0 Å². The molecular formula is C5H11NO3. The molecule has 4 nitrogen and oxygen atoms in total. The lowest BCUT2D eigenvalue weighted by molar-refractivity contribution is -0.128. The van der Waals surface area contributed by atoms with Gasteiger partial charge in [-0.1, -0.05) is 0 Å². The van der Waals surface area contributed by atoms with Crippen LogP contribution in [0, 0.1) is 0 Å². The van der Waals surface area contributed by atoms with Crippen molar-refractivity contribution in [3.63, 3.8) is 0 Å². The summed E-state index contributed by atoms with van der Waals surface area (Å²) in [5.41, 5.74) is 4.76. The van der Waals surface area contributed by atoms with Gasteiger partial charge in [0, 0.05) is 6.61 Å². The van der Waals surface area contributed by atoms with Crippen molar-refractivity contribution >= 4 is 5.91 Å². The molecule has 1 amide bonds. The van der Waals surface area contributed by atoms with Crippen LogP contribution in [0.2, 0.25) is 0 Å². The van der Waals surface area contributed by atoms with Gasteiger partial charge < -0.3 is 15.2 Å². The average molecular weight is 133 g/mol. The van der Waals surface area contributed by atoms with Gasteiger partial charge in [-0.05, 0) is 6.92 Å². The van der Waals surface area contributed by atoms with Gasteiger partial charge in [-0.2, -0.15) is 0 Å². The molecule has 0 saturated heterocycles. The van der Waals surface area contributed by atoms with Crippen molar-refractivity contribution in [1.82, 2.24) is 0 Å². The summed E-state index contributed by atoms with van der Waals surface area (Å²) in [5, 5.41) is 0. The quantitative estimate of drug-likeness (QED) is 0.405. The molecule has 4 heteroatoms. The zero-order valence-corrected chi connectivity index (χ0v) is 5.42. The lowest BCUT2D eigenvalue weighted by atomic mass is 10.7. The molecule has 0 aromatic heterocycles. The molecular weight excluding hydrogens is 122 g/mol. The Kier molecular flexibility index (Phi) is 5.15. The fourth-order valence-corrected chi connectivity index (χ4v) is 0.285. The molecule has 0 atom stereocenters. The maximum atomic E-state index is 10.0. The van der Waals surface area contributed by atoms with Crippen LogP contribution in [0.3, 0.4) is 0 Å². The van der Waals surface area contributed by atoms with E-state index in [0.29, 0.717) is 6.61 Å². The lowest BCUT2D eigenvalue weighted by Gasteiger charge is -1.99. The number of ether oxygens (including phenoxy) is 2. The predicted octanol–water partition coefficient (Wildman–Crippen LogP) is -0.518. The Hall–Kier alpha value is -0.610. The molecule has 0 bridgehead atoms. The van der Waals surface area contributed by atoms with Gasteiger partial charge in [0.1, 0.15) is 13.4 Å². The monoisotopic (exact) mass is 133 g/mol. The van der Waals surface area contributed by atoms with Crippen molar-refractivity contribution in [3.05, 3.63) is 0 Å². The summed E-state index contributed by atoms with van der Waals surface area (Å²) in [4.78, 5) is 10.0. The average Bonchev–Trinajstić information content (AvgIpc) is 1.80. The fourth-order valence-electron chi connectivity index (χ4n) is 0.285. The molecule has 9 heavy (non-hydrogen) atoms. The molecule has 0 radical (unpaired) electrons. The Labute approximate surface area is 53.9 Å². The van der Waals surface area contributed by atoms with Crippen LogP contribution in [0.25, 0.3) is 0 Å². The summed E-state index contributed by atoms with van der Waals surface area (Å²) in [6.45, 7) is 2.49. The maximum absolute atomic E-state index is 10.0. The first-order valence-corrected chi connectivity index (χ1v) is 2.71. The summed E-state index contributed by atoms with van der Waals surface area (Å²) in [5.74, 6) is -0.477. The molecule has 0 unspecified atom stereocenters. The van der Waals surface area contributed by atoms with Gasteiger partial charge in [-0.25, -0.2) is 0 Å². The lowest BCUT2D eigenvalue weighted by Crippen LogP contribution is -2.19. The van der Waals surface area contributed by atoms with E-state index in [1.54, 1.807) is 0 Å². The normalized spacial score (nSPS) is 9.44. The third kappa shape index (κ3) is 7.39. The standard InChI is InChI=1S/C5H11NO3/c1-2-8-4-9-3-5(6)7/h2-4H2,1H3,(H2,6,7). The van der Waals surface area contributed by atoms with Crippen molar-refractivity contribution in [3.8, 4) is 0 Å². The highest BCUT2D eigenvalue weighted by Crippen LogP contribution is 1.75. The summed E-state index contributed by atoms with van der Waals surface area (Å²) >= 11 is 0. The van der Waals surface area contributed by atoms with Crippen molar-refractivity contribution in [2.24, 2.45) is 5.73 Å². The molecule has 0 aliphatic heterocycles. The summed E-state index contributed by atoms with van der Waals surface area (Å²) in [6, 6.07) is 0. The van der Waals surface area contributed by atoms with E-state index in [1.807, 2.05) is 6.92 Å². The van der Waals surface area contributed by atoms with Crippen LogP contribution in [-0.4, -0.2) is 25.9 Å². The highest BCUT2D eigenvalue weighted by Gasteiger charge is 1.90. The maximum Gasteiger partial charge on any atom is 0.243 e.